The number of furan rings is 1. The summed E-state index contributed by atoms with van der Waals surface area (Å²) in [6.07, 6.45) is 3.98. The van der Waals surface area contributed by atoms with Crippen molar-refractivity contribution in [1.29, 1.82) is 0 Å². The maximum Gasteiger partial charge on any atom is 0.194 e. The summed E-state index contributed by atoms with van der Waals surface area (Å²) in [4.78, 5) is 6.78. The smallest absolute Gasteiger partial charge is 0.194 e. The lowest BCUT2D eigenvalue weighted by Gasteiger charge is -2.23. The standard InChI is InChI=1S/C14H23N3O2.HI/c1-3-15-13(17-8-4-5-9-17)16-11-14(2,18)12-7-6-10-19-12;/h6-7,10,18H,3-5,8-9,11H2,1-2H3,(H,15,16);1H. The molecule has 5 nitrogen and oxygen atoms in total. The number of rotatable bonds is 4. The van der Waals surface area contributed by atoms with Crippen LogP contribution in [0.2, 0.25) is 0 Å². The molecule has 2 rings (SSSR count). The molecular formula is C14H24IN3O2. The second kappa shape index (κ2) is 7.87. The number of nitrogens with one attached hydrogen (secondary N) is 1. The zero-order chi connectivity index (χ0) is 13.7. The first-order valence-electron chi connectivity index (χ1n) is 6.93. The Labute approximate surface area is 137 Å². The predicted octanol–water partition coefficient (Wildman–Crippen LogP) is 2.17. The van der Waals surface area contributed by atoms with E-state index in [1.807, 2.05) is 0 Å². The highest BCUT2D eigenvalue weighted by molar-refractivity contribution is 14.0. The summed E-state index contributed by atoms with van der Waals surface area (Å²) >= 11 is 0. The van der Waals surface area contributed by atoms with Gasteiger partial charge in [0.25, 0.3) is 0 Å². The lowest BCUT2D eigenvalue weighted by atomic mass is 10.0. The third kappa shape index (κ3) is 4.37. The number of hydrogen-bond donors (Lipinski definition) is 2. The van der Waals surface area contributed by atoms with E-state index < -0.39 is 5.60 Å². The van der Waals surface area contributed by atoms with Crippen molar-refractivity contribution in [1.82, 2.24) is 10.2 Å². The van der Waals surface area contributed by atoms with Crippen molar-refractivity contribution in [3.63, 3.8) is 0 Å². The van der Waals surface area contributed by atoms with E-state index in [2.05, 4.69) is 22.1 Å². The number of nitrogens with zero attached hydrogens (tertiary/aromatic N) is 2. The van der Waals surface area contributed by atoms with Crippen molar-refractivity contribution in [3.05, 3.63) is 24.2 Å². The van der Waals surface area contributed by atoms with E-state index in [1.54, 1.807) is 25.3 Å². The van der Waals surface area contributed by atoms with Crippen molar-refractivity contribution in [2.45, 2.75) is 32.3 Å². The molecule has 0 bridgehead atoms. The fourth-order valence-corrected chi connectivity index (χ4v) is 2.25. The van der Waals surface area contributed by atoms with Gasteiger partial charge in [-0.3, -0.25) is 0 Å². The zero-order valence-corrected chi connectivity index (χ0v) is 14.5. The number of hydrogen-bond acceptors (Lipinski definition) is 3. The second-order valence-electron chi connectivity index (χ2n) is 5.12. The Kier molecular flexibility index (Phi) is 6.81. The van der Waals surface area contributed by atoms with Crippen LogP contribution in [-0.2, 0) is 5.60 Å². The molecule has 1 atom stereocenters. The largest absolute Gasteiger partial charge is 0.466 e. The quantitative estimate of drug-likeness (QED) is 0.468. The summed E-state index contributed by atoms with van der Waals surface area (Å²) in [5.74, 6) is 1.43. The first-order valence-corrected chi connectivity index (χ1v) is 6.93. The van der Waals surface area contributed by atoms with Gasteiger partial charge in [-0.2, -0.15) is 0 Å². The highest BCUT2D eigenvalue weighted by atomic mass is 127. The Bertz CT molecular complexity index is 412. The van der Waals surface area contributed by atoms with Gasteiger partial charge in [0.2, 0.25) is 0 Å². The molecule has 20 heavy (non-hydrogen) atoms. The maximum absolute atomic E-state index is 10.4. The van der Waals surface area contributed by atoms with E-state index in [4.69, 9.17) is 4.42 Å². The molecule has 0 aromatic carbocycles. The lowest BCUT2D eigenvalue weighted by molar-refractivity contribution is 0.0435. The molecule has 114 valence electrons. The van der Waals surface area contributed by atoms with Gasteiger partial charge in [-0.1, -0.05) is 0 Å². The number of halogens is 1. The average molecular weight is 393 g/mol. The Morgan fingerprint density at radius 2 is 2.20 bits per heavy atom. The summed E-state index contributed by atoms with van der Waals surface area (Å²) in [5.41, 5.74) is -1.07. The van der Waals surface area contributed by atoms with E-state index in [1.165, 1.54) is 12.8 Å². The number of aliphatic imine (C=N–C) groups is 1. The molecule has 0 spiro atoms. The fourth-order valence-electron chi connectivity index (χ4n) is 2.25. The van der Waals surface area contributed by atoms with Gasteiger partial charge in [-0.15, -0.1) is 24.0 Å². The first kappa shape index (κ1) is 17.3. The summed E-state index contributed by atoms with van der Waals surface area (Å²) in [7, 11) is 0. The van der Waals surface area contributed by atoms with Crippen LogP contribution in [0.4, 0.5) is 0 Å². The molecule has 1 saturated heterocycles. The van der Waals surface area contributed by atoms with Gasteiger partial charge in [-0.05, 0) is 38.8 Å². The molecular weight excluding hydrogens is 369 g/mol. The van der Waals surface area contributed by atoms with E-state index in [9.17, 15) is 5.11 Å². The van der Waals surface area contributed by atoms with E-state index in [-0.39, 0.29) is 24.0 Å². The molecule has 0 saturated carbocycles. The highest BCUT2D eigenvalue weighted by Gasteiger charge is 2.26. The zero-order valence-electron chi connectivity index (χ0n) is 12.1. The number of likely N-dealkylation sites (tertiary alicyclic amines) is 1. The Morgan fingerprint density at radius 3 is 2.75 bits per heavy atom. The molecule has 0 aliphatic carbocycles. The van der Waals surface area contributed by atoms with E-state index in [0.29, 0.717) is 12.3 Å². The first-order chi connectivity index (χ1) is 9.13. The minimum absolute atomic E-state index is 0. The second-order valence-corrected chi connectivity index (χ2v) is 5.12. The lowest BCUT2D eigenvalue weighted by Crippen LogP contribution is -2.40. The molecule has 1 aromatic rings. The van der Waals surface area contributed by atoms with Crippen LogP contribution in [-0.4, -0.2) is 42.1 Å². The highest BCUT2D eigenvalue weighted by Crippen LogP contribution is 2.21. The Hall–Kier alpha value is -0.760. The Balaban J connectivity index is 0.00000200. The average Bonchev–Trinajstić information content (AvgIpc) is 3.05. The fraction of sp³-hybridized carbons (Fsp3) is 0.643. The van der Waals surface area contributed by atoms with Gasteiger partial charge in [0.15, 0.2) is 5.96 Å². The third-order valence-electron chi connectivity index (χ3n) is 3.33. The summed E-state index contributed by atoms with van der Waals surface area (Å²) in [5, 5.41) is 13.7. The van der Waals surface area contributed by atoms with Crippen LogP contribution in [0, 0.1) is 0 Å². The summed E-state index contributed by atoms with van der Waals surface area (Å²) < 4.78 is 5.26. The molecule has 2 heterocycles. The SMILES string of the molecule is CCNC(=NCC(C)(O)c1ccco1)N1CCCC1.I. The minimum atomic E-state index is -1.07. The van der Waals surface area contributed by atoms with Crippen molar-refractivity contribution >= 4 is 29.9 Å². The molecule has 1 unspecified atom stereocenters. The topological polar surface area (TPSA) is 61.0 Å². The maximum atomic E-state index is 10.4. The minimum Gasteiger partial charge on any atom is -0.466 e. The molecule has 0 radical (unpaired) electrons. The molecule has 1 aromatic heterocycles. The predicted molar refractivity (Wildman–Crippen MR) is 90.5 cm³/mol. The van der Waals surface area contributed by atoms with Crippen molar-refractivity contribution < 1.29 is 9.52 Å². The van der Waals surface area contributed by atoms with Gasteiger partial charge < -0.3 is 19.7 Å². The van der Waals surface area contributed by atoms with Crippen LogP contribution in [0.3, 0.4) is 0 Å². The van der Waals surface area contributed by atoms with Crippen LogP contribution in [0.1, 0.15) is 32.4 Å². The van der Waals surface area contributed by atoms with Gasteiger partial charge in [0.05, 0.1) is 12.8 Å². The van der Waals surface area contributed by atoms with Gasteiger partial charge in [-0.25, -0.2) is 4.99 Å². The van der Waals surface area contributed by atoms with Crippen LogP contribution in [0.15, 0.2) is 27.8 Å². The van der Waals surface area contributed by atoms with Crippen molar-refractivity contribution in [2.75, 3.05) is 26.2 Å². The monoisotopic (exact) mass is 393 g/mol. The summed E-state index contributed by atoms with van der Waals surface area (Å²) in [6.45, 7) is 6.97. The van der Waals surface area contributed by atoms with Crippen molar-refractivity contribution in [2.24, 2.45) is 4.99 Å². The van der Waals surface area contributed by atoms with E-state index in [0.717, 1.165) is 25.6 Å². The molecule has 1 aliphatic rings. The molecule has 1 aliphatic heterocycles. The third-order valence-corrected chi connectivity index (χ3v) is 3.33. The Morgan fingerprint density at radius 1 is 1.50 bits per heavy atom. The van der Waals surface area contributed by atoms with Gasteiger partial charge in [0.1, 0.15) is 11.4 Å². The summed E-state index contributed by atoms with van der Waals surface area (Å²) in [6, 6.07) is 3.55. The number of aliphatic hydroxyl groups is 1. The number of guanidine groups is 1. The molecule has 0 amide bonds. The normalized spacial score (nSPS) is 18.6. The van der Waals surface area contributed by atoms with Gasteiger partial charge in [0, 0.05) is 19.6 Å². The molecule has 6 heteroatoms. The van der Waals surface area contributed by atoms with Crippen LogP contribution in [0.5, 0.6) is 0 Å². The van der Waals surface area contributed by atoms with Crippen LogP contribution in [0.25, 0.3) is 0 Å². The van der Waals surface area contributed by atoms with Crippen LogP contribution < -0.4 is 5.32 Å². The van der Waals surface area contributed by atoms with Crippen molar-refractivity contribution in [3.8, 4) is 0 Å². The van der Waals surface area contributed by atoms with E-state index >= 15 is 0 Å². The molecule has 1 fully saturated rings. The molecule has 2 N–H and O–H groups in total. The van der Waals surface area contributed by atoms with Gasteiger partial charge >= 0.3 is 0 Å². The van der Waals surface area contributed by atoms with Crippen LogP contribution >= 0.6 is 24.0 Å².